The molecule has 0 amide bonds. The summed E-state index contributed by atoms with van der Waals surface area (Å²) in [5, 5.41) is 13.9. The van der Waals surface area contributed by atoms with E-state index in [0.717, 1.165) is 5.56 Å². The van der Waals surface area contributed by atoms with Gasteiger partial charge in [0.2, 0.25) is 0 Å². The summed E-state index contributed by atoms with van der Waals surface area (Å²) >= 11 is 7.15. The number of aliphatic hydroxyl groups excluding tert-OH is 1. The van der Waals surface area contributed by atoms with Gasteiger partial charge in [0.05, 0.1) is 11.1 Å². The maximum Gasteiger partial charge on any atom is 0.142 e. The van der Waals surface area contributed by atoms with Crippen molar-refractivity contribution < 1.29 is 9.50 Å². The maximum absolute atomic E-state index is 13.2. The molecule has 4 heteroatoms. The zero-order valence-corrected chi connectivity index (χ0v) is 9.93. The lowest BCUT2D eigenvalue weighted by atomic mass is 10.0. The molecule has 1 aromatic heterocycles. The van der Waals surface area contributed by atoms with Crippen LogP contribution < -0.4 is 0 Å². The van der Waals surface area contributed by atoms with Crippen LogP contribution >= 0.6 is 22.9 Å². The Balaban J connectivity index is 2.14. The first-order valence-electron chi connectivity index (χ1n) is 4.81. The van der Waals surface area contributed by atoms with Crippen molar-refractivity contribution in [3.05, 3.63) is 57.0 Å². The van der Waals surface area contributed by atoms with Crippen LogP contribution in [0.3, 0.4) is 0 Å². The van der Waals surface area contributed by atoms with E-state index in [1.54, 1.807) is 17.4 Å². The summed E-state index contributed by atoms with van der Waals surface area (Å²) in [5.41, 5.74) is 1.60. The fraction of sp³-hybridized carbons (Fsp3) is 0.167. The Bertz CT molecular complexity index is 470. The first-order chi connectivity index (χ1) is 7.66. The van der Waals surface area contributed by atoms with Crippen molar-refractivity contribution in [2.45, 2.75) is 12.5 Å². The second kappa shape index (κ2) is 4.95. The summed E-state index contributed by atoms with van der Waals surface area (Å²) < 4.78 is 13.2. The van der Waals surface area contributed by atoms with Crippen molar-refractivity contribution in [1.29, 1.82) is 0 Å². The van der Waals surface area contributed by atoms with Gasteiger partial charge in [-0.05, 0) is 40.1 Å². The fourth-order valence-electron chi connectivity index (χ4n) is 1.47. The van der Waals surface area contributed by atoms with E-state index in [1.165, 1.54) is 12.1 Å². The van der Waals surface area contributed by atoms with Crippen molar-refractivity contribution in [2.24, 2.45) is 0 Å². The predicted octanol–water partition coefficient (Wildman–Crippen LogP) is 3.82. The highest BCUT2D eigenvalue weighted by molar-refractivity contribution is 7.07. The van der Waals surface area contributed by atoms with Gasteiger partial charge >= 0.3 is 0 Å². The Morgan fingerprint density at radius 1 is 1.38 bits per heavy atom. The molecule has 1 unspecified atom stereocenters. The van der Waals surface area contributed by atoms with Crippen LogP contribution in [-0.2, 0) is 6.42 Å². The van der Waals surface area contributed by atoms with Gasteiger partial charge in [0.25, 0.3) is 0 Å². The van der Waals surface area contributed by atoms with Crippen LogP contribution in [-0.4, -0.2) is 5.11 Å². The topological polar surface area (TPSA) is 20.2 Å². The Kier molecular flexibility index (Phi) is 3.59. The summed E-state index contributed by atoms with van der Waals surface area (Å²) in [7, 11) is 0. The molecule has 2 aromatic rings. The first kappa shape index (κ1) is 11.6. The van der Waals surface area contributed by atoms with Gasteiger partial charge in [0.15, 0.2) is 0 Å². The summed E-state index contributed by atoms with van der Waals surface area (Å²) in [4.78, 5) is 0. The molecule has 1 nitrogen and oxygen atoms in total. The second-order valence-corrected chi connectivity index (χ2v) is 4.71. The zero-order chi connectivity index (χ0) is 11.5. The monoisotopic (exact) mass is 256 g/mol. The first-order valence-corrected chi connectivity index (χ1v) is 6.13. The molecule has 0 aliphatic carbocycles. The largest absolute Gasteiger partial charge is 0.388 e. The van der Waals surface area contributed by atoms with Crippen LogP contribution in [0, 0.1) is 5.82 Å². The van der Waals surface area contributed by atoms with Gasteiger partial charge in [-0.15, -0.1) is 0 Å². The number of aliphatic hydroxyl groups is 1. The highest BCUT2D eigenvalue weighted by atomic mass is 35.5. The van der Waals surface area contributed by atoms with Crippen molar-refractivity contribution in [3.8, 4) is 0 Å². The molecule has 84 valence electrons. The average molecular weight is 257 g/mol. The molecule has 1 N–H and O–H groups in total. The lowest BCUT2D eigenvalue weighted by Gasteiger charge is -2.10. The molecule has 1 atom stereocenters. The Morgan fingerprint density at radius 2 is 2.19 bits per heavy atom. The number of hydrogen-bond donors (Lipinski definition) is 1. The van der Waals surface area contributed by atoms with E-state index in [9.17, 15) is 9.50 Å². The summed E-state index contributed by atoms with van der Waals surface area (Å²) in [5.74, 6) is -0.497. The molecule has 0 saturated carbocycles. The molecule has 0 radical (unpaired) electrons. The molecule has 1 aromatic carbocycles. The molecule has 0 bridgehead atoms. The molecule has 16 heavy (non-hydrogen) atoms. The lowest BCUT2D eigenvalue weighted by Crippen LogP contribution is -2.01. The predicted molar refractivity (Wildman–Crippen MR) is 64.4 cm³/mol. The highest BCUT2D eigenvalue weighted by Gasteiger charge is 2.11. The summed E-state index contributed by atoms with van der Waals surface area (Å²) in [6, 6.07) is 6.32. The smallest absolute Gasteiger partial charge is 0.142 e. The van der Waals surface area contributed by atoms with Crippen LogP contribution in [0.25, 0.3) is 0 Å². The zero-order valence-electron chi connectivity index (χ0n) is 8.36. The molecule has 0 saturated heterocycles. The maximum atomic E-state index is 13.2. The van der Waals surface area contributed by atoms with E-state index in [-0.39, 0.29) is 5.02 Å². The van der Waals surface area contributed by atoms with Gasteiger partial charge in [-0.2, -0.15) is 11.3 Å². The van der Waals surface area contributed by atoms with Crippen LogP contribution in [0.1, 0.15) is 17.2 Å². The van der Waals surface area contributed by atoms with Gasteiger partial charge in [-0.25, -0.2) is 4.39 Å². The van der Waals surface area contributed by atoms with Crippen LogP contribution in [0.5, 0.6) is 0 Å². The molecular formula is C12H10ClFOS. The molecule has 1 heterocycles. The Hall–Kier alpha value is -0.900. The molecule has 2 rings (SSSR count). The third-order valence-corrected chi connectivity index (χ3v) is 3.38. The second-order valence-electron chi connectivity index (χ2n) is 3.53. The van der Waals surface area contributed by atoms with Crippen molar-refractivity contribution >= 4 is 22.9 Å². The third kappa shape index (κ3) is 2.61. The minimum Gasteiger partial charge on any atom is -0.388 e. The van der Waals surface area contributed by atoms with Crippen LogP contribution in [0.15, 0.2) is 35.0 Å². The minimum atomic E-state index is -0.693. The van der Waals surface area contributed by atoms with Gasteiger partial charge in [-0.3, -0.25) is 0 Å². The molecule has 0 aliphatic rings. The highest BCUT2D eigenvalue weighted by Crippen LogP contribution is 2.23. The van der Waals surface area contributed by atoms with Gasteiger partial charge < -0.3 is 5.11 Å². The molecule has 0 fully saturated rings. The normalized spacial score (nSPS) is 12.7. The average Bonchev–Trinajstić information content (AvgIpc) is 2.74. The minimum absolute atomic E-state index is 0.0754. The van der Waals surface area contributed by atoms with Crippen LogP contribution in [0.4, 0.5) is 4.39 Å². The summed E-state index contributed by atoms with van der Waals surface area (Å²) in [6.45, 7) is 0. The molecule has 0 spiro atoms. The lowest BCUT2D eigenvalue weighted by molar-refractivity contribution is 0.178. The number of thiophene rings is 1. The van der Waals surface area contributed by atoms with E-state index in [2.05, 4.69) is 0 Å². The van der Waals surface area contributed by atoms with E-state index >= 15 is 0 Å². The Labute approximate surface area is 102 Å². The molecule has 0 aliphatic heterocycles. The van der Waals surface area contributed by atoms with E-state index in [0.29, 0.717) is 12.0 Å². The van der Waals surface area contributed by atoms with Gasteiger partial charge in [0, 0.05) is 6.42 Å². The molecular weight excluding hydrogens is 247 g/mol. The fourth-order valence-corrected chi connectivity index (χ4v) is 2.27. The van der Waals surface area contributed by atoms with Crippen molar-refractivity contribution in [2.75, 3.05) is 0 Å². The van der Waals surface area contributed by atoms with E-state index in [1.807, 2.05) is 16.8 Å². The summed E-state index contributed by atoms with van der Waals surface area (Å²) in [6.07, 6.45) is -0.203. The van der Waals surface area contributed by atoms with Crippen molar-refractivity contribution in [3.63, 3.8) is 0 Å². The van der Waals surface area contributed by atoms with Crippen LogP contribution in [0.2, 0.25) is 5.02 Å². The SMILES string of the molecule is OC(Cc1ccsc1)c1ccc(Cl)c(F)c1. The standard InChI is InChI=1S/C12H10ClFOS/c13-10-2-1-9(6-11(10)14)12(15)5-8-3-4-16-7-8/h1-4,6-7,12,15H,5H2. The number of hydrogen-bond acceptors (Lipinski definition) is 2. The van der Waals surface area contributed by atoms with Crippen molar-refractivity contribution in [1.82, 2.24) is 0 Å². The van der Waals surface area contributed by atoms with Gasteiger partial charge in [-0.1, -0.05) is 17.7 Å². The Morgan fingerprint density at radius 3 is 2.81 bits per heavy atom. The third-order valence-electron chi connectivity index (χ3n) is 2.34. The van der Waals surface area contributed by atoms with E-state index < -0.39 is 11.9 Å². The quantitative estimate of drug-likeness (QED) is 0.885. The van der Waals surface area contributed by atoms with E-state index in [4.69, 9.17) is 11.6 Å². The number of benzene rings is 1. The van der Waals surface area contributed by atoms with Gasteiger partial charge in [0.1, 0.15) is 5.82 Å². The number of rotatable bonds is 3. The number of halogens is 2.